The fourth-order valence-electron chi connectivity index (χ4n) is 1.86. The fraction of sp³-hybridized carbons (Fsp3) is 0.143. The molecule has 0 bridgehead atoms. The molecule has 0 unspecified atom stereocenters. The molecule has 118 valence electrons. The lowest BCUT2D eigenvalue weighted by Crippen LogP contribution is -2.15. The highest BCUT2D eigenvalue weighted by Crippen LogP contribution is 2.22. The molecule has 0 saturated heterocycles. The largest absolute Gasteiger partial charge is 0.401 e. The molecular formula is C14H10ClFN4O2S. The van der Waals surface area contributed by atoms with Gasteiger partial charge in [0, 0.05) is 16.0 Å². The number of carbonyl (C=O) groups excluding carboxylic acids is 1. The van der Waals surface area contributed by atoms with Crippen molar-refractivity contribution >= 4 is 34.9 Å². The number of amides is 1. The van der Waals surface area contributed by atoms with E-state index in [9.17, 15) is 9.18 Å². The summed E-state index contributed by atoms with van der Waals surface area (Å²) in [5.74, 6) is -0.855. The van der Waals surface area contributed by atoms with Crippen LogP contribution in [0.1, 0.15) is 10.6 Å². The van der Waals surface area contributed by atoms with Crippen LogP contribution in [-0.4, -0.2) is 21.1 Å². The predicted octanol–water partition coefficient (Wildman–Crippen LogP) is 3.48. The Balaban J connectivity index is 1.70. The molecule has 23 heavy (non-hydrogen) atoms. The van der Waals surface area contributed by atoms with E-state index in [1.54, 1.807) is 5.38 Å². The van der Waals surface area contributed by atoms with Crippen LogP contribution in [-0.2, 0) is 11.2 Å². The van der Waals surface area contributed by atoms with Gasteiger partial charge in [0.05, 0.1) is 11.4 Å². The molecule has 0 aliphatic rings. The molecular weight excluding hydrogens is 343 g/mol. The highest BCUT2D eigenvalue weighted by atomic mass is 35.5. The first-order chi connectivity index (χ1) is 11.0. The summed E-state index contributed by atoms with van der Waals surface area (Å²) in [5.41, 5.74) is 0.652. The summed E-state index contributed by atoms with van der Waals surface area (Å²) in [6.45, 7) is 1.85. The van der Waals surface area contributed by atoms with Gasteiger partial charge < -0.3 is 4.42 Å². The van der Waals surface area contributed by atoms with Crippen molar-refractivity contribution in [2.75, 3.05) is 5.32 Å². The molecule has 2 aromatic heterocycles. The standard InChI is InChI=1S/C14H10ClFN4O2S/c1-7-17-11(6-23-7)13-19-20-14(22-13)18-12(21)5-8-9(15)3-2-4-10(8)16/h2-4,6H,5H2,1H3,(H,18,20,21). The quantitative estimate of drug-likeness (QED) is 0.777. The summed E-state index contributed by atoms with van der Waals surface area (Å²) in [6.07, 6.45) is -0.237. The highest BCUT2D eigenvalue weighted by Gasteiger charge is 2.16. The highest BCUT2D eigenvalue weighted by molar-refractivity contribution is 7.09. The predicted molar refractivity (Wildman–Crippen MR) is 83.9 cm³/mol. The Morgan fingerprint density at radius 3 is 2.96 bits per heavy atom. The van der Waals surface area contributed by atoms with Crippen molar-refractivity contribution in [1.82, 2.24) is 15.2 Å². The summed E-state index contributed by atoms with van der Waals surface area (Å²) in [6, 6.07) is 4.15. The van der Waals surface area contributed by atoms with Crippen molar-refractivity contribution in [2.45, 2.75) is 13.3 Å². The van der Waals surface area contributed by atoms with Gasteiger partial charge in [-0.15, -0.1) is 16.4 Å². The van der Waals surface area contributed by atoms with E-state index < -0.39 is 11.7 Å². The lowest BCUT2D eigenvalue weighted by atomic mass is 10.1. The second kappa shape index (κ2) is 6.43. The molecule has 0 aliphatic heterocycles. The van der Waals surface area contributed by atoms with Gasteiger partial charge in [0.1, 0.15) is 11.5 Å². The van der Waals surface area contributed by atoms with Crippen LogP contribution in [0.4, 0.5) is 10.4 Å². The number of carbonyl (C=O) groups is 1. The first-order valence-electron chi connectivity index (χ1n) is 6.51. The van der Waals surface area contributed by atoms with Crippen LogP contribution < -0.4 is 5.32 Å². The molecule has 0 saturated carbocycles. The normalized spacial score (nSPS) is 10.7. The lowest BCUT2D eigenvalue weighted by Gasteiger charge is -2.04. The molecule has 6 nitrogen and oxygen atoms in total. The van der Waals surface area contributed by atoms with Gasteiger partial charge in [-0.3, -0.25) is 10.1 Å². The summed E-state index contributed by atoms with van der Waals surface area (Å²) >= 11 is 7.33. The first-order valence-corrected chi connectivity index (χ1v) is 7.77. The zero-order valence-corrected chi connectivity index (χ0v) is 13.4. The molecule has 0 aliphatic carbocycles. The summed E-state index contributed by atoms with van der Waals surface area (Å²) < 4.78 is 19.0. The molecule has 0 fully saturated rings. The van der Waals surface area contributed by atoms with E-state index in [4.69, 9.17) is 16.0 Å². The van der Waals surface area contributed by atoms with E-state index in [0.717, 1.165) is 5.01 Å². The third kappa shape index (κ3) is 3.54. The molecule has 1 aromatic carbocycles. The molecule has 0 spiro atoms. The Bertz CT molecular complexity index is 844. The van der Waals surface area contributed by atoms with Crippen molar-refractivity contribution in [3.63, 3.8) is 0 Å². The smallest absolute Gasteiger partial charge is 0.322 e. The van der Waals surface area contributed by atoms with Crippen LogP contribution in [0.5, 0.6) is 0 Å². The average Bonchev–Trinajstić information content (AvgIpc) is 3.12. The van der Waals surface area contributed by atoms with Crippen molar-refractivity contribution in [3.05, 3.63) is 45.0 Å². The van der Waals surface area contributed by atoms with Gasteiger partial charge in [-0.25, -0.2) is 9.37 Å². The van der Waals surface area contributed by atoms with Crippen molar-refractivity contribution in [3.8, 4) is 11.6 Å². The number of anilines is 1. The van der Waals surface area contributed by atoms with Crippen LogP contribution in [0.25, 0.3) is 11.6 Å². The van der Waals surface area contributed by atoms with Crippen LogP contribution in [0.2, 0.25) is 5.02 Å². The molecule has 3 rings (SSSR count). The Morgan fingerprint density at radius 1 is 1.43 bits per heavy atom. The number of hydrogen-bond acceptors (Lipinski definition) is 6. The summed E-state index contributed by atoms with van der Waals surface area (Å²) in [5, 5.41) is 12.8. The van der Waals surface area contributed by atoms with E-state index in [1.165, 1.54) is 29.5 Å². The second-order valence-electron chi connectivity index (χ2n) is 4.59. The maximum atomic E-state index is 13.7. The molecule has 9 heteroatoms. The molecule has 1 N–H and O–H groups in total. The topological polar surface area (TPSA) is 80.9 Å². The Hall–Kier alpha value is -2.32. The van der Waals surface area contributed by atoms with E-state index in [-0.39, 0.29) is 28.9 Å². The number of nitrogens with zero attached hydrogens (tertiary/aromatic N) is 3. The number of hydrogen-bond donors (Lipinski definition) is 1. The van der Waals surface area contributed by atoms with Crippen LogP contribution in [0.3, 0.4) is 0 Å². The van der Waals surface area contributed by atoms with E-state index in [1.807, 2.05) is 6.92 Å². The number of aromatic nitrogens is 3. The molecule has 0 radical (unpaired) electrons. The molecule has 2 heterocycles. The number of rotatable bonds is 4. The van der Waals surface area contributed by atoms with Gasteiger partial charge in [0.15, 0.2) is 0 Å². The Morgan fingerprint density at radius 2 is 2.26 bits per heavy atom. The van der Waals surface area contributed by atoms with E-state index in [0.29, 0.717) is 5.69 Å². The average molecular weight is 353 g/mol. The summed E-state index contributed by atoms with van der Waals surface area (Å²) in [7, 11) is 0. The van der Waals surface area contributed by atoms with Crippen LogP contribution in [0, 0.1) is 12.7 Å². The van der Waals surface area contributed by atoms with Gasteiger partial charge in [0.2, 0.25) is 5.91 Å². The Labute approximate surface area is 139 Å². The second-order valence-corrected chi connectivity index (χ2v) is 6.06. The van der Waals surface area contributed by atoms with Gasteiger partial charge in [-0.2, -0.15) is 0 Å². The minimum atomic E-state index is -0.545. The van der Waals surface area contributed by atoms with Crippen LogP contribution >= 0.6 is 22.9 Å². The zero-order chi connectivity index (χ0) is 16.4. The lowest BCUT2D eigenvalue weighted by molar-refractivity contribution is -0.115. The minimum absolute atomic E-state index is 0.0804. The van der Waals surface area contributed by atoms with Crippen molar-refractivity contribution in [1.29, 1.82) is 0 Å². The van der Waals surface area contributed by atoms with Gasteiger partial charge in [-0.05, 0) is 19.1 Å². The van der Waals surface area contributed by atoms with Crippen molar-refractivity contribution in [2.24, 2.45) is 0 Å². The zero-order valence-electron chi connectivity index (χ0n) is 11.8. The van der Waals surface area contributed by atoms with Gasteiger partial charge in [0.25, 0.3) is 5.89 Å². The van der Waals surface area contributed by atoms with Gasteiger partial charge in [-0.1, -0.05) is 22.8 Å². The molecule has 3 aromatic rings. The number of thiazole rings is 1. The van der Waals surface area contributed by atoms with E-state index >= 15 is 0 Å². The van der Waals surface area contributed by atoms with E-state index in [2.05, 4.69) is 20.5 Å². The monoisotopic (exact) mass is 352 g/mol. The maximum absolute atomic E-state index is 13.7. The number of aryl methyl sites for hydroxylation is 1. The third-order valence-electron chi connectivity index (χ3n) is 2.91. The first kappa shape index (κ1) is 15.6. The minimum Gasteiger partial charge on any atom is -0.401 e. The SMILES string of the molecule is Cc1nc(-c2nnc(NC(=O)Cc3c(F)cccc3Cl)o2)cs1. The number of halogens is 2. The summed E-state index contributed by atoms with van der Waals surface area (Å²) in [4.78, 5) is 16.2. The Kier molecular flexibility index (Phi) is 4.35. The number of benzene rings is 1. The number of nitrogens with one attached hydrogen (secondary N) is 1. The molecule has 0 atom stereocenters. The third-order valence-corrected chi connectivity index (χ3v) is 4.04. The van der Waals surface area contributed by atoms with Crippen molar-refractivity contribution < 1.29 is 13.6 Å². The maximum Gasteiger partial charge on any atom is 0.322 e. The van der Waals surface area contributed by atoms with Crippen LogP contribution in [0.15, 0.2) is 28.0 Å². The van der Waals surface area contributed by atoms with Gasteiger partial charge >= 0.3 is 6.01 Å². The fourth-order valence-corrected chi connectivity index (χ4v) is 2.68. The molecule has 1 amide bonds.